The Labute approximate surface area is 92.5 Å². The van der Waals surface area contributed by atoms with Crippen molar-refractivity contribution in [2.45, 2.75) is 40.3 Å². The molecule has 0 spiro atoms. The highest BCUT2D eigenvalue weighted by Crippen LogP contribution is 2.23. The van der Waals surface area contributed by atoms with Gasteiger partial charge >= 0.3 is 0 Å². The Bertz CT molecular complexity index is 320. The molecule has 84 valence electrons. The summed E-state index contributed by atoms with van der Waals surface area (Å²) in [5.74, 6) is 0. The standard InChI is InChI=1S/C13H21NO/c1-5-12-9-10(3)7-8-13(12)14(6-2)11(4)15/h7-9,11,15H,5-6H2,1-4H3. The van der Waals surface area contributed by atoms with Crippen LogP contribution in [0.1, 0.15) is 31.9 Å². The monoisotopic (exact) mass is 207 g/mol. The van der Waals surface area contributed by atoms with E-state index in [1.165, 1.54) is 11.1 Å². The summed E-state index contributed by atoms with van der Waals surface area (Å²) in [5.41, 5.74) is 3.73. The third-order valence-corrected chi connectivity index (χ3v) is 2.72. The van der Waals surface area contributed by atoms with Crippen molar-refractivity contribution >= 4 is 5.69 Å². The van der Waals surface area contributed by atoms with Gasteiger partial charge in [0.15, 0.2) is 0 Å². The Balaban J connectivity index is 3.11. The molecular formula is C13H21NO. The van der Waals surface area contributed by atoms with Crippen molar-refractivity contribution in [3.63, 3.8) is 0 Å². The summed E-state index contributed by atoms with van der Waals surface area (Å²) in [6.45, 7) is 8.94. The topological polar surface area (TPSA) is 23.5 Å². The molecule has 2 heteroatoms. The molecule has 1 aromatic carbocycles. The predicted octanol–water partition coefficient (Wildman–Crippen LogP) is 2.72. The minimum Gasteiger partial charge on any atom is -0.374 e. The average Bonchev–Trinajstić information content (AvgIpc) is 2.20. The van der Waals surface area contributed by atoms with Crippen LogP contribution in [0, 0.1) is 6.92 Å². The van der Waals surface area contributed by atoms with Gasteiger partial charge in [0.1, 0.15) is 6.23 Å². The Morgan fingerprint density at radius 3 is 2.47 bits per heavy atom. The van der Waals surface area contributed by atoms with E-state index < -0.39 is 6.23 Å². The lowest BCUT2D eigenvalue weighted by Gasteiger charge is -2.28. The summed E-state index contributed by atoms with van der Waals surface area (Å²) in [5, 5.41) is 9.68. The summed E-state index contributed by atoms with van der Waals surface area (Å²) in [7, 11) is 0. The molecule has 0 aliphatic heterocycles. The molecule has 2 nitrogen and oxygen atoms in total. The second kappa shape index (κ2) is 5.17. The fraction of sp³-hybridized carbons (Fsp3) is 0.538. The molecule has 0 fully saturated rings. The van der Waals surface area contributed by atoms with Gasteiger partial charge in [-0.2, -0.15) is 0 Å². The normalized spacial score (nSPS) is 12.6. The quantitative estimate of drug-likeness (QED) is 0.767. The van der Waals surface area contributed by atoms with E-state index in [0.717, 1.165) is 18.7 Å². The predicted molar refractivity (Wildman–Crippen MR) is 65.3 cm³/mol. The van der Waals surface area contributed by atoms with Crippen LogP contribution in [-0.2, 0) is 6.42 Å². The zero-order valence-corrected chi connectivity index (χ0v) is 10.1. The fourth-order valence-electron chi connectivity index (χ4n) is 1.91. The number of hydrogen-bond acceptors (Lipinski definition) is 2. The lowest BCUT2D eigenvalue weighted by atomic mass is 10.1. The van der Waals surface area contributed by atoms with Gasteiger partial charge in [0.05, 0.1) is 0 Å². The van der Waals surface area contributed by atoms with E-state index >= 15 is 0 Å². The maximum absolute atomic E-state index is 9.68. The molecule has 0 saturated carbocycles. The average molecular weight is 207 g/mol. The SMILES string of the molecule is CCc1cc(C)ccc1N(CC)C(C)O. The largest absolute Gasteiger partial charge is 0.374 e. The van der Waals surface area contributed by atoms with E-state index in [1.54, 1.807) is 0 Å². The first kappa shape index (κ1) is 12.1. The summed E-state index contributed by atoms with van der Waals surface area (Å²) in [6.07, 6.45) is 0.572. The van der Waals surface area contributed by atoms with Crippen molar-refractivity contribution in [1.82, 2.24) is 0 Å². The van der Waals surface area contributed by atoms with Crippen LogP contribution < -0.4 is 4.90 Å². The van der Waals surface area contributed by atoms with Crippen LogP contribution in [0.5, 0.6) is 0 Å². The molecule has 0 aromatic heterocycles. The van der Waals surface area contributed by atoms with Gasteiger partial charge in [-0.15, -0.1) is 0 Å². The van der Waals surface area contributed by atoms with Gasteiger partial charge in [-0.3, -0.25) is 0 Å². The van der Waals surface area contributed by atoms with Crippen molar-refractivity contribution in [3.8, 4) is 0 Å². The van der Waals surface area contributed by atoms with Crippen LogP contribution in [0.25, 0.3) is 0 Å². The molecule has 0 bridgehead atoms. The number of rotatable bonds is 4. The highest BCUT2D eigenvalue weighted by atomic mass is 16.3. The molecule has 15 heavy (non-hydrogen) atoms. The smallest absolute Gasteiger partial charge is 0.124 e. The van der Waals surface area contributed by atoms with Gasteiger partial charge in [-0.1, -0.05) is 24.6 Å². The van der Waals surface area contributed by atoms with Crippen molar-refractivity contribution in [3.05, 3.63) is 29.3 Å². The lowest BCUT2D eigenvalue weighted by molar-refractivity contribution is 0.189. The fourth-order valence-corrected chi connectivity index (χ4v) is 1.91. The van der Waals surface area contributed by atoms with Gasteiger partial charge in [0.25, 0.3) is 0 Å². The highest BCUT2D eigenvalue weighted by Gasteiger charge is 2.12. The number of anilines is 1. The molecule has 0 amide bonds. The van der Waals surface area contributed by atoms with Crippen LogP contribution in [0.4, 0.5) is 5.69 Å². The molecule has 1 N–H and O–H groups in total. The van der Waals surface area contributed by atoms with E-state index in [0.29, 0.717) is 0 Å². The number of hydrogen-bond donors (Lipinski definition) is 1. The van der Waals surface area contributed by atoms with Gasteiger partial charge in [0.2, 0.25) is 0 Å². The van der Waals surface area contributed by atoms with Gasteiger partial charge in [-0.05, 0) is 38.8 Å². The Morgan fingerprint density at radius 2 is 2.00 bits per heavy atom. The molecule has 0 saturated heterocycles. The highest BCUT2D eigenvalue weighted by molar-refractivity contribution is 5.55. The first-order valence-corrected chi connectivity index (χ1v) is 5.64. The first-order chi connectivity index (χ1) is 7.10. The van der Waals surface area contributed by atoms with Crippen LogP contribution in [0.3, 0.4) is 0 Å². The molecule has 0 heterocycles. The van der Waals surface area contributed by atoms with Gasteiger partial charge in [0, 0.05) is 12.2 Å². The minimum atomic E-state index is -0.428. The second-order valence-corrected chi connectivity index (χ2v) is 3.90. The second-order valence-electron chi connectivity index (χ2n) is 3.90. The maximum atomic E-state index is 9.68. The Hall–Kier alpha value is -1.02. The number of aliphatic hydroxyl groups excluding tert-OH is 1. The van der Waals surface area contributed by atoms with Crippen LogP contribution in [0.2, 0.25) is 0 Å². The number of aliphatic hydroxyl groups is 1. The lowest BCUT2D eigenvalue weighted by Crippen LogP contribution is -2.33. The minimum absolute atomic E-state index is 0.428. The van der Waals surface area contributed by atoms with Crippen molar-refractivity contribution in [2.24, 2.45) is 0 Å². The third-order valence-electron chi connectivity index (χ3n) is 2.72. The molecule has 1 unspecified atom stereocenters. The zero-order valence-electron chi connectivity index (χ0n) is 10.1. The summed E-state index contributed by atoms with van der Waals surface area (Å²) >= 11 is 0. The van der Waals surface area contributed by atoms with Crippen LogP contribution in [-0.4, -0.2) is 17.9 Å². The molecule has 1 rings (SSSR count). The Morgan fingerprint density at radius 1 is 1.33 bits per heavy atom. The first-order valence-electron chi connectivity index (χ1n) is 5.64. The van der Waals surface area contributed by atoms with Crippen molar-refractivity contribution in [1.29, 1.82) is 0 Å². The van der Waals surface area contributed by atoms with Crippen molar-refractivity contribution in [2.75, 3.05) is 11.4 Å². The number of nitrogens with zero attached hydrogens (tertiary/aromatic N) is 1. The Kier molecular flexibility index (Phi) is 4.15. The van der Waals surface area contributed by atoms with Crippen molar-refractivity contribution < 1.29 is 5.11 Å². The van der Waals surface area contributed by atoms with E-state index in [9.17, 15) is 5.11 Å². The number of aryl methyl sites for hydroxylation is 2. The maximum Gasteiger partial charge on any atom is 0.124 e. The molecule has 0 radical (unpaired) electrons. The molecular weight excluding hydrogens is 186 g/mol. The zero-order chi connectivity index (χ0) is 11.4. The summed E-state index contributed by atoms with van der Waals surface area (Å²) in [6, 6.07) is 6.39. The van der Waals surface area contributed by atoms with Crippen LogP contribution >= 0.6 is 0 Å². The molecule has 1 atom stereocenters. The molecule has 0 aliphatic rings. The molecule has 0 aliphatic carbocycles. The number of benzene rings is 1. The van der Waals surface area contributed by atoms with E-state index in [1.807, 2.05) is 11.8 Å². The van der Waals surface area contributed by atoms with E-state index in [2.05, 4.69) is 39.0 Å². The molecule has 1 aromatic rings. The summed E-state index contributed by atoms with van der Waals surface area (Å²) < 4.78 is 0. The third kappa shape index (κ3) is 2.72. The van der Waals surface area contributed by atoms with Gasteiger partial charge in [-0.25, -0.2) is 0 Å². The van der Waals surface area contributed by atoms with E-state index in [-0.39, 0.29) is 0 Å². The van der Waals surface area contributed by atoms with Gasteiger partial charge < -0.3 is 10.0 Å². The summed E-state index contributed by atoms with van der Waals surface area (Å²) in [4.78, 5) is 2.01. The van der Waals surface area contributed by atoms with Crippen LogP contribution in [0.15, 0.2) is 18.2 Å². The van der Waals surface area contributed by atoms with E-state index in [4.69, 9.17) is 0 Å².